The fraction of sp³-hybridized carbons (Fsp3) is 0.216. The first-order valence-electron chi connectivity index (χ1n) is 14.2. The van der Waals surface area contributed by atoms with E-state index in [1.807, 2.05) is 30.3 Å². The van der Waals surface area contributed by atoms with E-state index in [1.165, 1.54) is 34.4 Å². The second-order valence-electron chi connectivity index (χ2n) is 10.9. The zero-order chi connectivity index (χ0) is 31.1. The summed E-state index contributed by atoms with van der Waals surface area (Å²) in [5, 5.41) is 12.8. The Morgan fingerprint density at radius 2 is 1.47 bits per heavy atom. The van der Waals surface area contributed by atoms with Gasteiger partial charge in [-0.1, -0.05) is 78.9 Å². The van der Waals surface area contributed by atoms with Gasteiger partial charge in [-0.25, -0.2) is 4.79 Å². The molecule has 4 aromatic carbocycles. The minimum atomic E-state index is -4.35. The van der Waals surface area contributed by atoms with E-state index in [9.17, 15) is 23.1 Å². The molecule has 0 amide bonds. The number of nitrogens with one attached hydrogen (secondary N) is 1. The van der Waals surface area contributed by atoms with Gasteiger partial charge in [0.25, 0.3) is 0 Å². The van der Waals surface area contributed by atoms with Gasteiger partial charge in [0.2, 0.25) is 0 Å². The molecule has 4 rings (SSSR count). The van der Waals surface area contributed by atoms with Gasteiger partial charge in [-0.05, 0) is 109 Å². The zero-order valence-electron chi connectivity index (χ0n) is 24.7. The van der Waals surface area contributed by atoms with Crippen molar-refractivity contribution in [3.8, 4) is 11.1 Å². The van der Waals surface area contributed by atoms with Gasteiger partial charge in [0.1, 0.15) is 0 Å². The zero-order valence-corrected chi connectivity index (χ0v) is 24.7. The van der Waals surface area contributed by atoms with Gasteiger partial charge >= 0.3 is 12.1 Å². The molecule has 0 atom stereocenters. The van der Waals surface area contributed by atoms with Gasteiger partial charge in [0.05, 0.1) is 11.1 Å². The maximum atomic E-state index is 12.9. The first kappa shape index (κ1) is 31.4. The minimum absolute atomic E-state index is 0.290. The third-order valence-corrected chi connectivity index (χ3v) is 7.73. The van der Waals surface area contributed by atoms with E-state index in [4.69, 9.17) is 0 Å². The summed E-state index contributed by atoms with van der Waals surface area (Å²) in [6.45, 7) is 10.8. The van der Waals surface area contributed by atoms with E-state index >= 15 is 0 Å². The Balaban J connectivity index is 1.42. The van der Waals surface area contributed by atoms with Gasteiger partial charge in [0, 0.05) is 12.2 Å². The highest BCUT2D eigenvalue weighted by molar-refractivity contribution is 5.96. The van der Waals surface area contributed by atoms with Crippen LogP contribution in [-0.4, -0.2) is 11.1 Å². The van der Waals surface area contributed by atoms with E-state index in [-0.39, 0.29) is 0 Å². The smallest absolute Gasteiger partial charge is 0.416 e. The van der Waals surface area contributed by atoms with Gasteiger partial charge in [-0.3, -0.25) is 0 Å². The molecule has 222 valence electrons. The monoisotopic (exact) mass is 583 g/mol. The standard InChI is InChI=1S/C37H36F3NO2/c1-24(2)25(3)35-22-31(26(4)41-23-28-14-20-32(21-15-28)37(38,39)40)19-18-29(35)9-7-8-27-12-16-30(17-13-27)33-10-5-6-11-34(33)36(42)43/h5-6,10-22,41H,4,7-9,23H2,1-3H3,(H,42,43). The Hall–Kier alpha value is -4.58. The summed E-state index contributed by atoms with van der Waals surface area (Å²) < 4.78 is 38.6. The summed E-state index contributed by atoms with van der Waals surface area (Å²) in [6, 6.07) is 26.6. The van der Waals surface area contributed by atoms with E-state index in [1.54, 1.807) is 12.1 Å². The average molecular weight is 584 g/mol. The molecule has 0 aliphatic rings. The number of halogens is 3. The second-order valence-corrected chi connectivity index (χ2v) is 10.9. The van der Waals surface area contributed by atoms with E-state index in [0.717, 1.165) is 53.6 Å². The van der Waals surface area contributed by atoms with Crippen LogP contribution in [0.1, 0.15) is 70.9 Å². The molecule has 0 bridgehead atoms. The van der Waals surface area contributed by atoms with Crippen LogP contribution in [0.5, 0.6) is 0 Å². The molecule has 0 fully saturated rings. The number of benzene rings is 4. The number of rotatable bonds is 11. The van der Waals surface area contributed by atoms with Crippen LogP contribution in [0, 0.1) is 0 Å². The summed E-state index contributed by atoms with van der Waals surface area (Å²) in [7, 11) is 0. The van der Waals surface area contributed by atoms with Crippen molar-refractivity contribution in [3.05, 3.63) is 142 Å². The molecule has 3 nitrogen and oxygen atoms in total. The predicted octanol–water partition coefficient (Wildman–Crippen LogP) is 9.82. The second kappa shape index (κ2) is 13.6. The van der Waals surface area contributed by atoms with Crippen LogP contribution in [0.15, 0.2) is 103 Å². The predicted molar refractivity (Wildman–Crippen MR) is 169 cm³/mol. The van der Waals surface area contributed by atoms with E-state index in [0.29, 0.717) is 23.4 Å². The van der Waals surface area contributed by atoms with Crippen molar-refractivity contribution in [2.45, 2.75) is 52.8 Å². The Labute approximate surface area is 251 Å². The summed E-state index contributed by atoms with van der Waals surface area (Å²) in [4.78, 5) is 11.6. The molecule has 6 heteroatoms. The van der Waals surface area contributed by atoms with Crippen molar-refractivity contribution in [3.63, 3.8) is 0 Å². The lowest BCUT2D eigenvalue weighted by Gasteiger charge is -2.17. The van der Waals surface area contributed by atoms with Crippen LogP contribution in [0.2, 0.25) is 0 Å². The van der Waals surface area contributed by atoms with Crippen molar-refractivity contribution in [1.82, 2.24) is 5.32 Å². The van der Waals surface area contributed by atoms with Crippen molar-refractivity contribution in [1.29, 1.82) is 0 Å². The van der Waals surface area contributed by atoms with Crippen molar-refractivity contribution in [2.75, 3.05) is 0 Å². The van der Waals surface area contributed by atoms with Gasteiger partial charge in [-0.2, -0.15) is 13.2 Å². The Kier molecular flexibility index (Phi) is 9.92. The van der Waals surface area contributed by atoms with E-state index < -0.39 is 17.7 Å². The fourth-order valence-electron chi connectivity index (χ4n) is 4.98. The number of allylic oxidation sites excluding steroid dienone is 2. The molecule has 4 aromatic rings. The number of hydrogen-bond acceptors (Lipinski definition) is 2. The number of aryl methyl sites for hydroxylation is 2. The molecule has 0 aliphatic heterocycles. The number of carbonyl (C=O) groups is 1. The average Bonchev–Trinajstić information content (AvgIpc) is 2.99. The molecule has 0 heterocycles. The first-order valence-corrected chi connectivity index (χ1v) is 14.2. The molecule has 0 radical (unpaired) electrons. The molecule has 0 saturated carbocycles. The first-order chi connectivity index (χ1) is 20.4. The summed E-state index contributed by atoms with van der Waals surface area (Å²) in [6.07, 6.45) is -1.63. The molecule has 0 aromatic heterocycles. The number of alkyl halides is 3. The summed E-state index contributed by atoms with van der Waals surface area (Å²) in [5.74, 6) is -0.938. The van der Waals surface area contributed by atoms with Crippen molar-refractivity contribution >= 4 is 17.2 Å². The molecular weight excluding hydrogens is 547 g/mol. The highest BCUT2D eigenvalue weighted by Crippen LogP contribution is 2.30. The van der Waals surface area contributed by atoms with Gasteiger partial charge < -0.3 is 10.4 Å². The normalized spacial score (nSPS) is 11.2. The maximum absolute atomic E-state index is 12.9. The number of carboxylic acids is 1. The third kappa shape index (κ3) is 8.04. The number of hydrogen-bond donors (Lipinski definition) is 2. The Morgan fingerprint density at radius 1 is 0.814 bits per heavy atom. The largest absolute Gasteiger partial charge is 0.478 e. The minimum Gasteiger partial charge on any atom is -0.478 e. The molecule has 0 aliphatic carbocycles. The number of aromatic carboxylic acids is 1. The molecule has 0 saturated heterocycles. The SMILES string of the molecule is C=C(NCc1ccc(C(F)(F)F)cc1)c1ccc(CCCc2ccc(-c3ccccc3C(=O)O)cc2)c(C(C)=C(C)C)c1. The van der Waals surface area contributed by atoms with Crippen molar-refractivity contribution < 1.29 is 23.1 Å². The molecule has 0 unspecified atom stereocenters. The lowest BCUT2D eigenvalue weighted by molar-refractivity contribution is -0.137. The van der Waals surface area contributed by atoms with Crippen LogP contribution in [0.4, 0.5) is 13.2 Å². The van der Waals surface area contributed by atoms with Gasteiger partial charge in [-0.15, -0.1) is 0 Å². The molecule has 0 spiro atoms. The summed E-state index contributed by atoms with van der Waals surface area (Å²) >= 11 is 0. The third-order valence-electron chi connectivity index (χ3n) is 7.73. The molecular formula is C37H36F3NO2. The molecule has 43 heavy (non-hydrogen) atoms. The number of carboxylic acid groups (broad SMARTS) is 1. The van der Waals surface area contributed by atoms with E-state index in [2.05, 4.69) is 56.9 Å². The van der Waals surface area contributed by atoms with Crippen LogP contribution in [-0.2, 0) is 25.6 Å². The lowest BCUT2D eigenvalue weighted by atomic mass is 9.91. The summed E-state index contributed by atoms with van der Waals surface area (Å²) in [5.41, 5.74) is 9.62. The highest BCUT2D eigenvalue weighted by Gasteiger charge is 2.29. The Morgan fingerprint density at radius 3 is 2.09 bits per heavy atom. The topological polar surface area (TPSA) is 49.3 Å². The Bertz CT molecular complexity index is 1630. The lowest BCUT2D eigenvalue weighted by Crippen LogP contribution is -2.12. The molecule has 2 N–H and O–H groups in total. The van der Waals surface area contributed by atoms with Gasteiger partial charge in [0.15, 0.2) is 0 Å². The van der Waals surface area contributed by atoms with Crippen LogP contribution in [0.3, 0.4) is 0 Å². The quantitative estimate of drug-likeness (QED) is 0.185. The van der Waals surface area contributed by atoms with Crippen molar-refractivity contribution in [2.24, 2.45) is 0 Å². The maximum Gasteiger partial charge on any atom is 0.416 e. The van der Waals surface area contributed by atoms with Crippen LogP contribution >= 0.6 is 0 Å². The fourth-order valence-corrected chi connectivity index (χ4v) is 4.98. The highest BCUT2D eigenvalue weighted by atomic mass is 19.4. The van der Waals surface area contributed by atoms with Crippen LogP contribution in [0.25, 0.3) is 22.4 Å². The van der Waals surface area contributed by atoms with Crippen LogP contribution < -0.4 is 5.32 Å².